The molecule has 1 unspecified atom stereocenters. The number of nitrogens with one attached hydrogen (secondary N) is 2. The lowest BCUT2D eigenvalue weighted by molar-refractivity contribution is 0.0669. The quantitative estimate of drug-likeness (QED) is 0.343. The highest BCUT2D eigenvalue weighted by Crippen LogP contribution is 2.37. The fourth-order valence-electron chi connectivity index (χ4n) is 4.78. The zero-order valence-corrected chi connectivity index (χ0v) is 22.9. The third kappa shape index (κ3) is 6.41. The molecule has 0 spiro atoms. The van der Waals surface area contributed by atoms with Crippen LogP contribution in [0.25, 0.3) is 22.6 Å². The zero-order valence-electron chi connectivity index (χ0n) is 22.1. The highest BCUT2D eigenvalue weighted by molar-refractivity contribution is 6.33. The lowest BCUT2D eigenvalue weighted by atomic mass is 9.92. The van der Waals surface area contributed by atoms with Gasteiger partial charge in [0, 0.05) is 30.8 Å². The second-order valence-electron chi connectivity index (χ2n) is 9.60. The maximum absolute atomic E-state index is 10.0. The number of hydrogen-bond donors (Lipinski definition) is 3. The van der Waals surface area contributed by atoms with Gasteiger partial charge in [-0.25, -0.2) is 9.97 Å². The Bertz CT molecular complexity index is 1200. The van der Waals surface area contributed by atoms with Crippen molar-refractivity contribution in [2.45, 2.75) is 64.7 Å². The Hall–Kier alpha value is -2.72. The highest BCUT2D eigenvalue weighted by Gasteiger charge is 2.25. The number of aromatic nitrogens is 3. The van der Waals surface area contributed by atoms with Gasteiger partial charge in [-0.3, -0.25) is 0 Å². The number of aliphatic hydroxyl groups excluding tert-OH is 1. The van der Waals surface area contributed by atoms with Gasteiger partial charge in [0.1, 0.15) is 30.0 Å². The number of aryl methyl sites for hydroxylation is 2. The number of likely N-dealkylation sites (N-methyl/N-ethyl adjacent to an activating group) is 1. The number of hydrogen-bond acceptors (Lipinski definition) is 9. The van der Waals surface area contributed by atoms with Crippen LogP contribution >= 0.6 is 11.6 Å². The number of aliphatic hydroxyl groups is 1. The molecule has 0 bridgehead atoms. The summed E-state index contributed by atoms with van der Waals surface area (Å²) in [6.07, 6.45) is 3.71. The van der Waals surface area contributed by atoms with Crippen LogP contribution in [0, 0.1) is 20.8 Å². The van der Waals surface area contributed by atoms with Gasteiger partial charge in [0.25, 0.3) is 0 Å². The summed E-state index contributed by atoms with van der Waals surface area (Å²) in [6, 6.07) is 5.57. The van der Waals surface area contributed by atoms with Gasteiger partial charge in [-0.05, 0) is 71.7 Å². The topological polar surface area (TPSA) is 115 Å². The predicted octanol–water partition coefficient (Wildman–Crippen LogP) is 4.71. The summed E-state index contributed by atoms with van der Waals surface area (Å²) in [5, 5.41) is 21.3. The molecule has 10 heteroatoms. The van der Waals surface area contributed by atoms with Crippen molar-refractivity contribution in [3.8, 4) is 28.4 Å². The molecule has 3 N–H and O–H groups in total. The maximum Gasteiger partial charge on any atom is 0.163 e. The van der Waals surface area contributed by atoms with Crippen molar-refractivity contribution in [2.75, 3.05) is 32.6 Å². The number of halogens is 1. The van der Waals surface area contributed by atoms with Gasteiger partial charge in [0.2, 0.25) is 0 Å². The van der Waals surface area contributed by atoms with Gasteiger partial charge >= 0.3 is 0 Å². The van der Waals surface area contributed by atoms with E-state index < -0.39 is 6.10 Å². The van der Waals surface area contributed by atoms with Crippen LogP contribution in [-0.2, 0) is 4.74 Å². The second-order valence-corrected chi connectivity index (χ2v) is 10.0. The van der Waals surface area contributed by atoms with Gasteiger partial charge in [0.05, 0.1) is 28.1 Å². The van der Waals surface area contributed by atoms with Crippen LogP contribution in [0.5, 0.6) is 5.75 Å². The molecule has 200 valence electrons. The average molecular weight is 530 g/mol. The van der Waals surface area contributed by atoms with Crippen LogP contribution in [0.15, 0.2) is 22.7 Å². The van der Waals surface area contributed by atoms with E-state index in [4.69, 9.17) is 35.6 Å². The largest absolute Gasteiger partial charge is 0.491 e. The SMILES string of the molecule is CNCC(O)COc1ccc(Cl)c(-c2nc(N[C@H]3CCC[C@@H](OC)C3)c(C)c(-c3c(C)noc3C)n2)c1. The van der Waals surface area contributed by atoms with Crippen molar-refractivity contribution in [2.24, 2.45) is 0 Å². The van der Waals surface area contributed by atoms with E-state index in [1.54, 1.807) is 26.3 Å². The van der Waals surface area contributed by atoms with Crippen molar-refractivity contribution in [1.29, 1.82) is 0 Å². The average Bonchev–Trinajstić information content (AvgIpc) is 3.22. The van der Waals surface area contributed by atoms with Crippen molar-refractivity contribution >= 4 is 17.4 Å². The van der Waals surface area contributed by atoms with Gasteiger partial charge in [-0.2, -0.15) is 0 Å². The number of nitrogens with zero attached hydrogens (tertiary/aromatic N) is 3. The molecule has 1 saturated carbocycles. The summed E-state index contributed by atoms with van der Waals surface area (Å²) in [5.74, 6) is 2.47. The number of rotatable bonds is 10. The van der Waals surface area contributed by atoms with Gasteiger partial charge in [-0.15, -0.1) is 0 Å². The molecule has 4 rings (SSSR count). The smallest absolute Gasteiger partial charge is 0.163 e. The Labute approximate surface area is 222 Å². The minimum Gasteiger partial charge on any atom is -0.491 e. The highest BCUT2D eigenvalue weighted by atomic mass is 35.5. The summed E-state index contributed by atoms with van der Waals surface area (Å²) in [5.41, 5.74) is 3.90. The van der Waals surface area contributed by atoms with E-state index >= 15 is 0 Å². The first-order valence-corrected chi connectivity index (χ1v) is 13.0. The first-order valence-electron chi connectivity index (χ1n) is 12.7. The number of methoxy groups -OCH3 is 1. The lowest BCUT2D eigenvalue weighted by Gasteiger charge is -2.30. The van der Waals surface area contributed by atoms with Crippen molar-refractivity contribution in [3.63, 3.8) is 0 Å². The van der Waals surface area contributed by atoms with Crippen LogP contribution in [0.2, 0.25) is 5.02 Å². The standard InChI is InChI=1S/C27H36ClN5O4/c1-15-25(24-16(2)33-37-17(24)3)31-27(32-26(15)30-18-7-6-8-20(11-18)35-5)22-12-21(9-10-23(22)28)36-14-19(34)13-29-4/h9-10,12,18-20,29,34H,6-8,11,13-14H2,1-5H3,(H,30,31,32)/t18-,19?,20+/m0/s1. The maximum atomic E-state index is 10.0. The second kappa shape index (κ2) is 12.2. The minimum atomic E-state index is -0.631. The molecule has 0 amide bonds. The summed E-state index contributed by atoms with van der Waals surface area (Å²) >= 11 is 6.64. The minimum absolute atomic E-state index is 0.149. The Balaban J connectivity index is 1.75. The van der Waals surface area contributed by atoms with Crippen LogP contribution in [0.4, 0.5) is 5.82 Å². The van der Waals surface area contributed by atoms with E-state index in [2.05, 4.69) is 15.8 Å². The Morgan fingerprint density at radius 1 is 1.22 bits per heavy atom. The zero-order chi connectivity index (χ0) is 26.5. The number of benzene rings is 1. The molecule has 1 aliphatic rings. The first-order chi connectivity index (χ1) is 17.8. The number of ether oxygens (including phenoxy) is 2. The molecule has 1 aliphatic carbocycles. The normalized spacial score (nSPS) is 18.6. The van der Waals surface area contributed by atoms with E-state index in [9.17, 15) is 5.11 Å². The van der Waals surface area contributed by atoms with Crippen molar-refractivity contribution in [3.05, 3.63) is 40.2 Å². The third-order valence-electron chi connectivity index (χ3n) is 6.78. The fourth-order valence-corrected chi connectivity index (χ4v) is 4.98. The summed E-state index contributed by atoms with van der Waals surface area (Å²) < 4.78 is 16.9. The molecule has 2 heterocycles. The van der Waals surface area contributed by atoms with Crippen LogP contribution in [0.1, 0.15) is 42.7 Å². The van der Waals surface area contributed by atoms with E-state index in [0.717, 1.165) is 54.0 Å². The monoisotopic (exact) mass is 529 g/mol. The molecule has 0 aliphatic heterocycles. The molecular weight excluding hydrogens is 494 g/mol. The molecule has 1 fully saturated rings. The van der Waals surface area contributed by atoms with E-state index in [1.165, 1.54) is 0 Å². The molecule has 0 radical (unpaired) electrons. The Morgan fingerprint density at radius 3 is 2.73 bits per heavy atom. The third-order valence-corrected chi connectivity index (χ3v) is 7.11. The molecule has 2 aromatic heterocycles. The van der Waals surface area contributed by atoms with Gasteiger partial charge in [0.15, 0.2) is 5.82 Å². The van der Waals surface area contributed by atoms with Gasteiger partial charge < -0.3 is 29.7 Å². The molecule has 3 aromatic rings. The van der Waals surface area contributed by atoms with Crippen LogP contribution in [-0.4, -0.2) is 65.8 Å². The van der Waals surface area contributed by atoms with Crippen LogP contribution in [0.3, 0.4) is 0 Å². The number of anilines is 1. The van der Waals surface area contributed by atoms with Crippen molar-refractivity contribution < 1.29 is 19.1 Å². The van der Waals surface area contributed by atoms with Crippen LogP contribution < -0.4 is 15.4 Å². The molecule has 9 nitrogen and oxygen atoms in total. The molecular formula is C27H36ClN5O4. The summed E-state index contributed by atoms with van der Waals surface area (Å²) in [6.45, 7) is 6.38. The van der Waals surface area contributed by atoms with E-state index in [1.807, 2.05) is 26.8 Å². The molecule has 37 heavy (non-hydrogen) atoms. The van der Waals surface area contributed by atoms with E-state index in [0.29, 0.717) is 34.5 Å². The molecule has 0 saturated heterocycles. The Morgan fingerprint density at radius 2 is 2.03 bits per heavy atom. The van der Waals surface area contributed by atoms with Gasteiger partial charge in [-0.1, -0.05) is 16.8 Å². The summed E-state index contributed by atoms with van der Waals surface area (Å²) in [4.78, 5) is 9.87. The van der Waals surface area contributed by atoms with E-state index in [-0.39, 0.29) is 18.8 Å². The summed E-state index contributed by atoms with van der Waals surface area (Å²) in [7, 11) is 3.55. The fraction of sp³-hybridized carbons (Fsp3) is 0.519. The lowest BCUT2D eigenvalue weighted by Crippen LogP contribution is -2.31. The first kappa shape index (κ1) is 27.3. The molecule has 3 atom stereocenters. The predicted molar refractivity (Wildman–Crippen MR) is 144 cm³/mol. The van der Waals surface area contributed by atoms with Crippen molar-refractivity contribution in [1.82, 2.24) is 20.4 Å². The molecule has 1 aromatic carbocycles. The Kier molecular flexibility index (Phi) is 9.02.